The number of anilines is 2. The number of amides is 2. The zero-order valence-corrected chi connectivity index (χ0v) is 21.4. The molecule has 0 saturated heterocycles. The van der Waals surface area contributed by atoms with Gasteiger partial charge in [-0.15, -0.1) is 0 Å². The van der Waals surface area contributed by atoms with Crippen molar-refractivity contribution in [1.82, 2.24) is 5.32 Å². The van der Waals surface area contributed by atoms with Gasteiger partial charge in [-0.05, 0) is 47.9 Å². The van der Waals surface area contributed by atoms with E-state index >= 15 is 0 Å². The summed E-state index contributed by atoms with van der Waals surface area (Å²) in [6.45, 7) is 4.28. The maximum Gasteiger partial charge on any atom is 0.264 e. The third kappa shape index (κ3) is 6.71. The second-order valence-electron chi connectivity index (χ2n) is 8.41. The molecule has 0 fully saturated rings. The summed E-state index contributed by atoms with van der Waals surface area (Å²) in [5.74, 6) is -0.686. The average Bonchev–Trinajstić information content (AvgIpc) is 2.88. The van der Waals surface area contributed by atoms with Crippen molar-refractivity contribution in [3.8, 4) is 0 Å². The first-order valence-electron chi connectivity index (χ1n) is 11.6. The van der Waals surface area contributed by atoms with Crippen molar-refractivity contribution in [3.63, 3.8) is 0 Å². The number of carbonyl (C=O) groups is 2. The number of para-hydroxylation sites is 1. The van der Waals surface area contributed by atoms with Crippen LogP contribution in [0.2, 0.25) is 0 Å². The van der Waals surface area contributed by atoms with E-state index in [0.29, 0.717) is 18.8 Å². The van der Waals surface area contributed by atoms with Crippen LogP contribution >= 0.6 is 0 Å². The topological polar surface area (TPSA) is 105 Å². The monoisotopic (exact) mass is 509 g/mol. The molecule has 8 nitrogen and oxygen atoms in total. The molecule has 0 saturated carbocycles. The SMILES string of the molecule is COCCNC(=O)c1ccccc1NC(=O)CN(c1ccc(C(C)C)cc1)S(=O)(=O)c1ccccc1. The summed E-state index contributed by atoms with van der Waals surface area (Å²) in [5, 5.41) is 5.42. The highest BCUT2D eigenvalue weighted by Crippen LogP contribution is 2.26. The summed E-state index contributed by atoms with van der Waals surface area (Å²) in [6.07, 6.45) is 0. The summed E-state index contributed by atoms with van der Waals surface area (Å²) in [4.78, 5) is 25.8. The Hall–Kier alpha value is -3.69. The van der Waals surface area contributed by atoms with Gasteiger partial charge in [0.1, 0.15) is 6.54 Å². The van der Waals surface area contributed by atoms with Crippen LogP contribution in [0.15, 0.2) is 83.8 Å². The molecule has 0 aliphatic heterocycles. The number of hydrogen-bond acceptors (Lipinski definition) is 5. The van der Waals surface area contributed by atoms with E-state index in [4.69, 9.17) is 4.74 Å². The van der Waals surface area contributed by atoms with Crippen molar-refractivity contribution in [2.45, 2.75) is 24.7 Å². The lowest BCUT2D eigenvalue weighted by Gasteiger charge is -2.25. The van der Waals surface area contributed by atoms with Gasteiger partial charge in [-0.3, -0.25) is 13.9 Å². The number of methoxy groups -OCH3 is 1. The molecule has 2 N–H and O–H groups in total. The van der Waals surface area contributed by atoms with Crippen molar-refractivity contribution >= 4 is 33.2 Å². The molecule has 0 aliphatic rings. The number of ether oxygens (including phenoxy) is 1. The van der Waals surface area contributed by atoms with Gasteiger partial charge in [0.2, 0.25) is 5.91 Å². The highest BCUT2D eigenvalue weighted by Gasteiger charge is 2.27. The second-order valence-corrected chi connectivity index (χ2v) is 10.3. The van der Waals surface area contributed by atoms with Gasteiger partial charge in [0, 0.05) is 13.7 Å². The minimum Gasteiger partial charge on any atom is -0.383 e. The molecule has 36 heavy (non-hydrogen) atoms. The number of nitrogens with zero attached hydrogens (tertiary/aromatic N) is 1. The zero-order valence-electron chi connectivity index (χ0n) is 20.6. The lowest BCUT2D eigenvalue weighted by molar-refractivity contribution is -0.114. The predicted molar refractivity (Wildman–Crippen MR) is 141 cm³/mol. The Morgan fingerprint density at radius 3 is 2.19 bits per heavy atom. The van der Waals surface area contributed by atoms with Crippen LogP contribution in [0.4, 0.5) is 11.4 Å². The average molecular weight is 510 g/mol. The summed E-state index contributed by atoms with van der Waals surface area (Å²) in [7, 11) is -2.50. The van der Waals surface area contributed by atoms with E-state index in [9.17, 15) is 18.0 Å². The maximum atomic E-state index is 13.5. The molecule has 190 valence electrons. The molecule has 2 amide bonds. The van der Waals surface area contributed by atoms with Gasteiger partial charge in [-0.1, -0.05) is 56.3 Å². The van der Waals surface area contributed by atoms with Crippen molar-refractivity contribution in [2.75, 3.05) is 36.4 Å². The number of sulfonamides is 1. The first kappa shape index (κ1) is 26.9. The van der Waals surface area contributed by atoms with E-state index in [1.54, 1.807) is 54.6 Å². The van der Waals surface area contributed by atoms with Gasteiger partial charge >= 0.3 is 0 Å². The molecule has 0 aromatic heterocycles. The minimum absolute atomic E-state index is 0.0728. The Kier molecular flexibility index (Phi) is 9.21. The third-order valence-corrected chi connectivity index (χ3v) is 7.29. The number of hydrogen-bond donors (Lipinski definition) is 2. The van der Waals surface area contributed by atoms with Gasteiger partial charge < -0.3 is 15.4 Å². The summed E-state index contributed by atoms with van der Waals surface area (Å²) in [5.41, 5.74) is 1.96. The van der Waals surface area contributed by atoms with Gasteiger partial charge in [-0.2, -0.15) is 0 Å². The first-order chi connectivity index (χ1) is 17.2. The van der Waals surface area contributed by atoms with Crippen LogP contribution in [0.5, 0.6) is 0 Å². The minimum atomic E-state index is -4.04. The molecular formula is C27H31N3O5S. The van der Waals surface area contributed by atoms with Gasteiger partial charge in [0.15, 0.2) is 0 Å². The normalized spacial score (nSPS) is 11.2. The molecule has 3 aromatic rings. The van der Waals surface area contributed by atoms with Gasteiger partial charge in [-0.25, -0.2) is 8.42 Å². The van der Waals surface area contributed by atoms with E-state index in [-0.39, 0.29) is 28.0 Å². The highest BCUT2D eigenvalue weighted by atomic mass is 32.2. The van der Waals surface area contributed by atoms with Crippen LogP contribution in [0.25, 0.3) is 0 Å². The van der Waals surface area contributed by atoms with Crippen LogP contribution in [-0.2, 0) is 19.6 Å². The van der Waals surface area contributed by atoms with E-state index in [2.05, 4.69) is 10.6 Å². The lowest BCUT2D eigenvalue weighted by atomic mass is 10.0. The Labute approximate surface area is 212 Å². The number of nitrogens with one attached hydrogen (secondary N) is 2. The summed E-state index contributed by atoms with van der Waals surface area (Å²) in [6, 6.07) is 21.6. The van der Waals surface area contributed by atoms with Crippen LogP contribution in [0, 0.1) is 0 Å². The van der Waals surface area contributed by atoms with Crippen LogP contribution in [0.3, 0.4) is 0 Å². The fourth-order valence-corrected chi connectivity index (χ4v) is 4.97. The molecule has 0 radical (unpaired) electrons. The van der Waals surface area contributed by atoms with Crippen molar-refractivity contribution < 1.29 is 22.7 Å². The molecule has 0 heterocycles. The summed E-state index contributed by atoms with van der Waals surface area (Å²) >= 11 is 0. The Morgan fingerprint density at radius 2 is 1.56 bits per heavy atom. The zero-order chi connectivity index (χ0) is 26.1. The fraction of sp³-hybridized carbons (Fsp3) is 0.259. The smallest absolute Gasteiger partial charge is 0.264 e. The van der Waals surface area contributed by atoms with Crippen molar-refractivity contribution in [1.29, 1.82) is 0 Å². The van der Waals surface area contributed by atoms with Gasteiger partial charge in [0.25, 0.3) is 15.9 Å². The molecular weight excluding hydrogens is 478 g/mol. The molecule has 0 spiro atoms. The quantitative estimate of drug-likeness (QED) is 0.380. The molecule has 0 atom stereocenters. The largest absolute Gasteiger partial charge is 0.383 e. The molecule has 0 unspecified atom stereocenters. The van der Waals surface area contributed by atoms with E-state index in [0.717, 1.165) is 9.87 Å². The number of rotatable bonds is 11. The molecule has 9 heteroatoms. The number of benzene rings is 3. The predicted octanol–water partition coefficient (Wildman–Crippen LogP) is 4.02. The molecule has 0 aliphatic carbocycles. The standard InChI is InChI=1S/C27H31N3O5S/c1-20(2)21-13-15-22(16-14-21)30(36(33,34)23-9-5-4-6-10-23)19-26(31)29-25-12-8-7-11-24(25)27(32)28-17-18-35-3/h4-16,20H,17-19H2,1-3H3,(H,28,32)(H,29,31). The Bertz CT molecular complexity index is 1280. The van der Waals surface area contributed by atoms with E-state index in [1.807, 2.05) is 26.0 Å². The van der Waals surface area contributed by atoms with E-state index in [1.165, 1.54) is 19.2 Å². The fourth-order valence-electron chi connectivity index (χ4n) is 3.53. The Morgan fingerprint density at radius 1 is 0.917 bits per heavy atom. The maximum absolute atomic E-state index is 13.5. The Balaban J connectivity index is 1.89. The summed E-state index contributed by atoms with van der Waals surface area (Å²) < 4.78 is 33.1. The highest BCUT2D eigenvalue weighted by molar-refractivity contribution is 7.92. The van der Waals surface area contributed by atoms with Crippen LogP contribution in [-0.4, -0.2) is 47.0 Å². The first-order valence-corrected chi connectivity index (χ1v) is 13.0. The van der Waals surface area contributed by atoms with E-state index < -0.39 is 22.5 Å². The molecule has 3 aromatic carbocycles. The van der Waals surface area contributed by atoms with Gasteiger partial charge in [0.05, 0.1) is 28.4 Å². The molecule has 0 bridgehead atoms. The lowest BCUT2D eigenvalue weighted by Crippen LogP contribution is -2.38. The molecule has 3 rings (SSSR count). The second kappa shape index (κ2) is 12.3. The van der Waals surface area contributed by atoms with Crippen molar-refractivity contribution in [2.24, 2.45) is 0 Å². The number of carbonyl (C=O) groups excluding carboxylic acids is 2. The van der Waals surface area contributed by atoms with Crippen LogP contribution < -0.4 is 14.9 Å². The van der Waals surface area contributed by atoms with Crippen LogP contribution in [0.1, 0.15) is 35.7 Å². The third-order valence-electron chi connectivity index (χ3n) is 5.50. The van der Waals surface area contributed by atoms with Crippen molar-refractivity contribution in [3.05, 3.63) is 90.0 Å².